The number of rotatable bonds is 10. The van der Waals surface area contributed by atoms with Crippen molar-refractivity contribution in [2.24, 2.45) is 5.41 Å². The second-order valence-electron chi connectivity index (χ2n) is 10.5. The summed E-state index contributed by atoms with van der Waals surface area (Å²) in [6.07, 6.45) is 18.1. The fraction of sp³-hybridized carbons (Fsp3) is 0.690. The number of hydrogen-bond donors (Lipinski definition) is 0. The van der Waals surface area contributed by atoms with Gasteiger partial charge in [0.1, 0.15) is 12.7 Å². The molecule has 0 aromatic heterocycles. The third kappa shape index (κ3) is 5.89. The zero-order valence-corrected chi connectivity index (χ0v) is 20.7. The smallest absolute Gasteiger partial charge is 0.308 e. The molecule has 3 aliphatic carbocycles. The van der Waals surface area contributed by atoms with Gasteiger partial charge in [-0.25, -0.2) is 0 Å². The number of ether oxygens (including phenoxy) is 3. The van der Waals surface area contributed by atoms with Crippen LogP contribution >= 0.6 is 0 Å². The fourth-order valence-electron chi connectivity index (χ4n) is 6.19. The number of carbonyl (C=O) groups excluding carboxylic acids is 1. The summed E-state index contributed by atoms with van der Waals surface area (Å²) in [6, 6.07) is 9.11. The molecule has 2 atom stereocenters. The van der Waals surface area contributed by atoms with Crippen molar-refractivity contribution >= 4 is 5.97 Å². The van der Waals surface area contributed by atoms with Gasteiger partial charge < -0.3 is 14.2 Å². The van der Waals surface area contributed by atoms with E-state index in [1.807, 2.05) is 19.1 Å². The molecule has 2 bridgehead atoms. The Labute approximate surface area is 200 Å². The van der Waals surface area contributed by atoms with Crippen LogP contribution < -0.4 is 0 Å². The molecule has 3 saturated carbocycles. The Morgan fingerprint density at radius 1 is 1.03 bits per heavy atom. The Balaban J connectivity index is 1.26. The second kappa shape index (κ2) is 11.2. The van der Waals surface area contributed by atoms with E-state index in [-0.39, 0.29) is 18.7 Å². The molecule has 0 amide bonds. The quantitative estimate of drug-likeness (QED) is 0.213. The molecule has 1 heterocycles. The van der Waals surface area contributed by atoms with Crippen LogP contribution in [0.2, 0.25) is 0 Å². The maximum atomic E-state index is 11.9. The number of benzene rings is 1. The van der Waals surface area contributed by atoms with Crippen LogP contribution in [0, 0.1) is 5.41 Å². The minimum Gasteiger partial charge on any atom is -0.433 e. The lowest BCUT2D eigenvalue weighted by Crippen LogP contribution is -2.44. The first-order valence-electron chi connectivity index (χ1n) is 13.2. The second-order valence-corrected chi connectivity index (χ2v) is 10.5. The zero-order valence-electron chi connectivity index (χ0n) is 20.7. The molecule has 1 saturated heterocycles. The molecule has 1 aliphatic heterocycles. The topological polar surface area (TPSA) is 44.8 Å². The molecular weight excluding hydrogens is 412 g/mol. The van der Waals surface area contributed by atoms with Gasteiger partial charge in [0.05, 0.1) is 6.61 Å². The highest BCUT2D eigenvalue weighted by Crippen LogP contribution is 2.59. The van der Waals surface area contributed by atoms with Crippen LogP contribution in [0.15, 0.2) is 36.4 Å². The van der Waals surface area contributed by atoms with Crippen molar-refractivity contribution in [3.05, 3.63) is 47.5 Å². The van der Waals surface area contributed by atoms with Gasteiger partial charge in [0.15, 0.2) is 0 Å². The number of carbonyl (C=O) groups is 1. The first-order valence-corrected chi connectivity index (χ1v) is 13.2. The summed E-state index contributed by atoms with van der Waals surface area (Å²) in [5.74, 6) is -0.238. The Morgan fingerprint density at radius 2 is 1.76 bits per heavy atom. The monoisotopic (exact) mass is 454 g/mol. The van der Waals surface area contributed by atoms with Crippen molar-refractivity contribution in [3.8, 4) is 0 Å². The molecule has 5 rings (SSSR count). The SMILES string of the molecule is C/C=C/CCC(=O)O[C@H]1CO[C@H](c2ccc(C34CCC(CCCCC)(CC3)CC4)cc2)CO1. The van der Waals surface area contributed by atoms with Crippen LogP contribution in [0.4, 0.5) is 0 Å². The van der Waals surface area contributed by atoms with E-state index >= 15 is 0 Å². The first-order chi connectivity index (χ1) is 16.1. The van der Waals surface area contributed by atoms with Crippen LogP contribution in [0.25, 0.3) is 0 Å². The fourth-order valence-corrected chi connectivity index (χ4v) is 6.19. The van der Waals surface area contributed by atoms with E-state index in [0.29, 0.717) is 30.3 Å². The van der Waals surface area contributed by atoms with E-state index in [9.17, 15) is 4.79 Å². The molecule has 0 unspecified atom stereocenters. The van der Waals surface area contributed by atoms with Crippen molar-refractivity contribution in [2.75, 3.05) is 13.2 Å². The Kier molecular flexibility index (Phi) is 8.29. The van der Waals surface area contributed by atoms with Gasteiger partial charge in [-0.3, -0.25) is 4.79 Å². The van der Waals surface area contributed by atoms with Crippen molar-refractivity contribution in [2.45, 2.75) is 109 Å². The normalized spacial score (nSPS) is 31.7. The predicted molar refractivity (Wildman–Crippen MR) is 131 cm³/mol. The molecule has 0 radical (unpaired) electrons. The lowest BCUT2D eigenvalue weighted by molar-refractivity contribution is -0.233. The number of esters is 1. The number of fused-ring (bicyclic) bond motifs is 3. The maximum absolute atomic E-state index is 11.9. The number of hydrogen-bond acceptors (Lipinski definition) is 4. The molecule has 4 heteroatoms. The van der Waals surface area contributed by atoms with Gasteiger partial charge in [-0.1, -0.05) is 62.6 Å². The van der Waals surface area contributed by atoms with E-state index in [2.05, 4.69) is 31.2 Å². The summed E-state index contributed by atoms with van der Waals surface area (Å²) in [4.78, 5) is 11.9. The highest BCUT2D eigenvalue weighted by molar-refractivity contribution is 5.69. The lowest BCUT2D eigenvalue weighted by atomic mass is 9.51. The van der Waals surface area contributed by atoms with E-state index in [0.717, 1.165) is 5.56 Å². The van der Waals surface area contributed by atoms with Gasteiger partial charge in [-0.15, -0.1) is 0 Å². The highest BCUT2D eigenvalue weighted by atomic mass is 16.7. The average molecular weight is 455 g/mol. The molecule has 4 aliphatic rings. The molecule has 0 spiro atoms. The van der Waals surface area contributed by atoms with Crippen LogP contribution in [-0.4, -0.2) is 25.5 Å². The van der Waals surface area contributed by atoms with E-state index < -0.39 is 6.29 Å². The van der Waals surface area contributed by atoms with Gasteiger partial charge in [-0.2, -0.15) is 0 Å². The van der Waals surface area contributed by atoms with Gasteiger partial charge >= 0.3 is 5.97 Å². The summed E-state index contributed by atoms with van der Waals surface area (Å²) in [7, 11) is 0. The maximum Gasteiger partial charge on any atom is 0.308 e. The summed E-state index contributed by atoms with van der Waals surface area (Å²) >= 11 is 0. The largest absolute Gasteiger partial charge is 0.433 e. The van der Waals surface area contributed by atoms with Gasteiger partial charge in [-0.05, 0) is 80.2 Å². The minimum atomic E-state index is -0.598. The van der Waals surface area contributed by atoms with Crippen molar-refractivity contribution < 1.29 is 19.0 Å². The molecule has 1 aromatic rings. The van der Waals surface area contributed by atoms with Crippen LogP contribution in [0.3, 0.4) is 0 Å². The van der Waals surface area contributed by atoms with E-state index in [1.54, 1.807) is 0 Å². The molecule has 4 fully saturated rings. The van der Waals surface area contributed by atoms with Crippen molar-refractivity contribution in [3.63, 3.8) is 0 Å². The lowest BCUT2D eigenvalue weighted by Gasteiger charge is -2.54. The molecule has 4 nitrogen and oxygen atoms in total. The first kappa shape index (κ1) is 24.5. The van der Waals surface area contributed by atoms with Crippen molar-refractivity contribution in [1.82, 2.24) is 0 Å². The van der Waals surface area contributed by atoms with Gasteiger partial charge in [0, 0.05) is 6.42 Å². The van der Waals surface area contributed by atoms with Gasteiger partial charge in [0.25, 0.3) is 0 Å². The third-order valence-corrected chi connectivity index (χ3v) is 8.49. The minimum absolute atomic E-state index is 0.0987. The Morgan fingerprint density at radius 3 is 2.36 bits per heavy atom. The summed E-state index contributed by atoms with van der Waals surface area (Å²) in [5.41, 5.74) is 3.70. The van der Waals surface area contributed by atoms with Gasteiger partial charge in [0.2, 0.25) is 6.29 Å². The third-order valence-electron chi connectivity index (χ3n) is 8.49. The van der Waals surface area contributed by atoms with E-state index in [4.69, 9.17) is 14.2 Å². The average Bonchev–Trinajstić information content (AvgIpc) is 2.86. The number of allylic oxidation sites excluding steroid dienone is 2. The zero-order chi connectivity index (χ0) is 23.2. The molecule has 0 N–H and O–H groups in total. The Bertz CT molecular complexity index is 764. The molecule has 1 aromatic carbocycles. The van der Waals surface area contributed by atoms with Crippen LogP contribution in [-0.2, 0) is 24.4 Å². The Hall–Kier alpha value is -1.65. The van der Waals surface area contributed by atoms with Crippen LogP contribution in [0.5, 0.6) is 0 Å². The highest BCUT2D eigenvalue weighted by Gasteiger charge is 2.48. The number of unbranched alkanes of at least 4 members (excludes halogenated alkanes) is 2. The predicted octanol–water partition coefficient (Wildman–Crippen LogP) is 7.17. The summed E-state index contributed by atoms with van der Waals surface area (Å²) in [6.45, 7) is 4.95. The summed E-state index contributed by atoms with van der Waals surface area (Å²) in [5, 5.41) is 0. The van der Waals surface area contributed by atoms with E-state index in [1.165, 1.54) is 69.8 Å². The van der Waals surface area contributed by atoms with Crippen LogP contribution in [0.1, 0.15) is 108 Å². The molecule has 182 valence electrons. The molecular formula is C29H42O4. The standard InChI is InChI=1S/C29H42O4/c1-3-5-7-9-26(30)33-27-22-31-25(21-32-27)23-10-12-24(13-11-23)29-18-15-28(16-19-29,17-20-29)14-8-6-4-2/h3,5,10-13,25,27H,4,6-9,14-22H2,1-2H3/b5-3+/t25-,27-,28?,29?/m0/s1. The summed E-state index contributed by atoms with van der Waals surface area (Å²) < 4.78 is 17.1. The molecule has 33 heavy (non-hydrogen) atoms. The van der Waals surface area contributed by atoms with Crippen molar-refractivity contribution in [1.29, 1.82) is 0 Å².